The lowest BCUT2D eigenvalue weighted by atomic mass is 10.1. The second-order valence-electron chi connectivity index (χ2n) is 5.72. The number of aryl methyl sites for hydroxylation is 1. The number of para-hydroxylation sites is 1. The number of hydrogen-bond acceptors (Lipinski definition) is 7. The van der Waals surface area contributed by atoms with Crippen molar-refractivity contribution in [2.45, 2.75) is 0 Å². The van der Waals surface area contributed by atoms with E-state index in [2.05, 4.69) is 15.6 Å². The molecule has 142 valence electrons. The van der Waals surface area contributed by atoms with Crippen LogP contribution < -0.4 is 20.8 Å². The number of ether oxygens (including phenoxy) is 1. The van der Waals surface area contributed by atoms with E-state index in [4.69, 9.17) is 4.74 Å². The number of carboxylic acid groups (broad SMARTS) is 1. The number of aliphatic carboxylic acids is 1. The van der Waals surface area contributed by atoms with Crippen LogP contribution in [-0.4, -0.2) is 34.5 Å². The minimum atomic E-state index is -1.35. The van der Waals surface area contributed by atoms with Gasteiger partial charge >= 0.3 is 0 Å². The number of nitrogens with one attached hydrogen (secondary N) is 1. The maximum absolute atomic E-state index is 12.5. The van der Waals surface area contributed by atoms with Crippen molar-refractivity contribution in [1.29, 1.82) is 0 Å². The first-order valence-corrected chi connectivity index (χ1v) is 8.18. The Bertz CT molecular complexity index is 1140. The summed E-state index contributed by atoms with van der Waals surface area (Å²) in [6, 6.07) is 13.2. The number of rotatable bonds is 6. The Morgan fingerprint density at radius 3 is 2.61 bits per heavy atom. The molecule has 1 aromatic heterocycles. The Hall–Kier alpha value is -4.01. The SMILES string of the molecule is Cn1nc(C(=O)N/N=C\c2ccccc2OCC(=O)[O-])c2ccccc2c1=O. The van der Waals surface area contributed by atoms with Crippen LogP contribution in [0.4, 0.5) is 0 Å². The third-order valence-corrected chi connectivity index (χ3v) is 3.81. The molecular weight excluding hydrogens is 364 g/mol. The van der Waals surface area contributed by atoms with Crippen LogP contribution in [0.15, 0.2) is 58.4 Å². The maximum Gasteiger partial charge on any atom is 0.292 e. The molecule has 2 aromatic carbocycles. The standard InChI is InChI=1S/C19H16N4O5/c1-23-19(27)14-8-4-3-7-13(14)17(22-23)18(26)21-20-10-12-6-2-5-9-15(12)28-11-16(24)25/h2-10H,11H2,1H3,(H,21,26)(H,24,25)/p-1/b20-10-. The summed E-state index contributed by atoms with van der Waals surface area (Å²) in [5.74, 6) is -1.68. The fourth-order valence-electron chi connectivity index (χ4n) is 2.54. The van der Waals surface area contributed by atoms with Gasteiger partial charge in [-0.2, -0.15) is 10.2 Å². The van der Waals surface area contributed by atoms with Crippen molar-refractivity contribution >= 4 is 28.9 Å². The average Bonchev–Trinajstić information content (AvgIpc) is 2.69. The summed E-state index contributed by atoms with van der Waals surface area (Å²) < 4.78 is 6.20. The summed E-state index contributed by atoms with van der Waals surface area (Å²) in [6.07, 6.45) is 1.31. The Morgan fingerprint density at radius 2 is 1.86 bits per heavy atom. The second kappa shape index (κ2) is 8.12. The number of hydrazone groups is 1. The van der Waals surface area contributed by atoms with E-state index in [1.165, 1.54) is 13.3 Å². The van der Waals surface area contributed by atoms with Crippen LogP contribution in [0.25, 0.3) is 10.8 Å². The van der Waals surface area contributed by atoms with E-state index >= 15 is 0 Å². The molecule has 0 atom stereocenters. The highest BCUT2D eigenvalue weighted by Gasteiger charge is 2.15. The van der Waals surface area contributed by atoms with Gasteiger partial charge in [-0.25, -0.2) is 10.1 Å². The molecule has 1 N–H and O–H groups in total. The summed E-state index contributed by atoms with van der Waals surface area (Å²) in [6.45, 7) is -0.606. The van der Waals surface area contributed by atoms with Gasteiger partial charge in [0.25, 0.3) is 11.5 Å². The summed E-state index contributed by atoms with van der Waals surface area (Å²) in [5, 5.41) is 19.2. The molecule has 3 aromatic rings. The van der Waals surface area contributed by atoms with Crippen molar-refractivity contribution in [3.63, 3.8) is 0 Å². The third kappa shape index (κ3) is 4.04. The van der Waals surface area contributed by atoms with Gasteiger partial charge in [0.05, 0.1) is 17.6 Å². The van der Waals surface area contributed by atoms with Crippen molar-refractivity contribution in [2.75, 3.05) is 6.61 Å². The van der Waals surface area contributed by atoms with Gasteiger partial charge in [0.1, 0.15) is 12.4 Å². The molecule has 0 saturated heterocycles. The Labute approximate surface area is 158 Å². The van der Waals surface area contributed by atoms with Gasteiger partial charge in [0, 0.05) is 18.0 Å². The molecule has 0 aliphatic rings. The minimum Gasteiger partial charge on any atom is -0.546 e. The fraction of sp³-hybridized carbons (Fsp3) is 0.105. The van der Waals surface area contributed by atoms with E-state index in [9.17, 15) is 19.5 Å². The van der Waals surface area contributed by atoms with Gasteiger partial charge in [-0.3, -0.25) is 9.59 Å². The van der Waals surface area contributed by atoms with Crippen LogP contribution in [0.3, 0.4) is 0 Å². The van der Waals surface area contributed by atoms with Gasteiger partial charge in [0.2, 0.25) is 0 Å². The molecule has 1 amide bonds. The predicted octanol–water partition coefficient (Wildman–Crippen LogP) is -0.174. The zero-order valence-electron chi connectivity index (χ0n) is 14.8. The van der Waals surface area contributed by atoms with Crippen LogP contribution in [0.1, 0.15) is 16.1 Å². The third-order valence-electron chi connectivity index (χ3n) is 3.81. The van der Waals surface area contributed by atoms with E-state index in [0.717, 1.165) is 4.68 Å². The Balaban J connectivity index is 1.82. The van der Waals surface area contributed by atoms with Crippen LogP contribution in [0.2, 0.25) is 0 Å². The van der Waals surface area contributed by atoms with Crippen molar-refractivity contribution in [3.05, 3.63) is 70.1 Å². The van der Waals surface area contributed by atoms with E-state index in [1.54, 1.807) is 48.5 Å². The number of fused-ring (bicyclic) bond motifs is 1. The highest BCUT2D eigenvalue weighted by Crippen LogP contribution is 2.16. The fourth-order valence-corrected chi connectivity index (χ4v) is 2.54. The van der Waals surface area contributed by atoms with E-state index < -0.39 is 18.5 Å². The van der Waals surface area contributed by atoms with Crippen LogP contribution in [0, 0.1) is 0 Å². The molecule has 0 bridgehead atoms. The molecule has 0 radical (unpaired) electrons. The zero-order chi connectivity index (χ0) is 20.1. The molecule has 0 spiro atoms. The lowest BCUT2D eigenvalue weighted by Gasteiger charge is -2.09. The molecule has 0 aliphatic carbocycles. The molecule has 9 nitrogen and oxygen atoms in total. The van der Waals surface area contributed by atoms with Crippen LogP contribution in [-0.2, 0) is 11.8 Å². The maximum atomic E-state index is 12.5. The first-order valence-electron chi connectivity index (χ1n) is 8.18. The number of carboxylic acids is 1. The number of benzene rings is 2. The van der Waals surface area contributed by atoms with E-state index in [1.807, 2.05) is 0 Å². The molecule has 0 saturated carbocycles. The number of aromatic nitrogens is 2. The van der Waals surface area contributed by atoms with Crippen molar-refractivity contribution in [2.24, 2.45) is 12.1 Å². The van der Waals surface area contributed by atoms with Crippen molar-refractivity contribution in [3.8, 4) is 5.75 Å². The monoisotopic (exact) mass is 379 g/mol. The second-order valence-corrected chi connectivity index (χ2v) is 5.72. The van der Waals surface area contributed by atoms with Crippen molar-refractivity contribution in [1.82, 2.24) is 15.2 Å². The van der Waals surface area contributed by atoms with Crippen molar-refractivity contribution < 1.29 is 19.4 Å². The molecular formula is C19H15N4O5-. The molecule has 0 aliphatic heterocycles. The lowest BCUT2D eigenvalue weighted by molar-refractivity contribution is -0.307. The highest BCUT2D eigenvalue weighted by molar-refractivity contribution is 6.05. The topological polar surface area (TPSA) is 126 Å². The van der Waals surface area contributed by atoms with Gasteiger partial charge in [-0.05, 0) is 18.2 Å². The average molecular weight is 379 g/mol. The van der Waals surface area contributed by atoms with Crippen LogP contribution in [0.5, 0.6) is 5.75 Å². The van der Waals surface area contributed by atoms with Gasteiger partial charge in [-0.1, -0.05) is 30.3 Å². The first-order chi connectivity index (χ1) is 13.5. The summed E-state index contributed by atoms with van der Waals surface area (Å²) in [7, 11) is 1.46. The molecule has 3 rings (SSSR count). The number of carbonyl (C=O) groups is 2. The normalized spacial score (nSPS) is 10.9. The van der Waals surface area contributed by atoms with Gasteiger partial charge < -0.3 is 14.6 Å². The highest BCUT2D eigenvalue weighted by atomic mass is 16.5. The molecule has 9 heteroatoms. The Kier molecular flexibility index (Phi) is 5.45. The van der Waals surface area contributed by atoms with Gasteiger partial charge in [0.15, 0.2) is 5.69 Å². The molecule has 0 fully saturated rings. The molecule has 1 heterocycles. The number of nitrogens with zero attached hydrogens (tertiary/aromatic N) is 3. The molecule has 0 unspecified atom stereocenters. The van der Waals surface area contributed by atoms with E-state index in [0.29, 0.717) is 16.3 Å². The number of carbonyl (C=O) groups excluding carboxylic acids is 2. The zero-order valence-corrected chi connectivity index (χ0v) is 14.8. The number of amides is 1. The van der Waals surface area contributed by atoms with Gasteiger partial charge in [-0.15, -0.1) is 0 Å². The Morgan fingerprint density at radius 1 is 1.18 bits per heavy atom. The largest absolute Gasteiger partial charge is 0.546 e. The minimum absolute atomic E-state index is 0.0522. The first kappa shape index (κ1) is 18.8. The summed E-state index contributed by atoms with van der Waals surface area (Å²) in [4.78, 5) is 35.2. The summed E-state index contributed by atoms with van der Waals surface area (Å²) in [5.41, 5.74) is 2.55. The number of hydrogen-bond donors (Lipinski definition) is 1. The lowest BCUT2D eigenvalue weighted by Crippen LogP contribution is -2.29. The summed E-state index contributed by atoms with van der Waals surface area (Å²) >= 11 is 0. The smallest absolute Gasteiger partial charge is 0.292 e. The van der Waals surface area contributed by atoms with E-state index in [-0.39, 0.29) is 17.0 Å². The van der Waals surface area contributed by atoms with Crippen LogP contribution >= 0.6 is 0 Å². The predicted molar refractivity (Wildman–Crippen MR) is 99.0 cm³/mol. The quantitative estimate of drug-likeness (QED) is 0.468. The molecule has 28 heavy (non-hydrogen) atoms.